The van der Waals surface area contributed by atoms with Crippen LogP contribution in [0.1, 0.15) is 30.5 Å². The summed E-state index contributed by atoms with van der Waals surface area (Å²) in [5.41, 5.74) is 2.47. The molecule has 0 fully saturated rings. The van der Waals surface area contributed by atoms with Crippen molar-refractivity contribution < 1.29 is 4.79 Å². The van der Waals surface area contributed by atoms with Gasteiger partial charge in [0.2, 0.25) is 0 Å². The summed E-state index contributed by atoms with van der Waals surface area (Å²) >= 11 is 0. The molecule has 2 aromatic rings. The van der Waals surface area contributed by atoms with Crippen LogP contribution in [-0.4, -0.2) is 36.1 Å². The first-order chi connectivity index (χ1) is 12.6. The molecule has 0 saturated heterocycles. The first-order valence-corrected chi connectivity index (χ1v) is 8.75. The number of aromatic nitrogens is 1. The van der Waals surface area contributed by atoms with Gasteiger partial charge in [-0.15, -0.1) is 0 Å². The molecule has 2 rings (SSSR count). The van der Waals surface area contributed by atoms with Gasteiger partial charge < -0.3 is 15.1 Å². The first kappa shape index (κ1) is 19.3. The number of nitrogens with zero attached hydrogens (tertiary/aromatic N) is 4. The number of urea groups is 1. The van der Waals surface area contributed by atoms with Crippen LogP contribution in [0.15, 0.2) is 42.6 Å². The Balaban J connectivity index is 1.88. The van der Waals surface area contributed by atoms with Crippen molar-refractivity contribution in [3.63, 3.8) is 0 Å². The lowest BCUT2D eigenvalue weighted by Crippen LogP contribution is -2.36. The topological polar surface area (TPSA) is 72.3 Å². The molecular weight excluding hydrogens is 326 g/mol. The third-order valence-corrected chi connectivity index (χ3v) is 4.16. The molecule has 26 heavy (non-hydrogen) atoms. The fourth-order valence-corrected chi connectivity index (χ4v) is 2.65. The van der Waals surface area contributed by atoms with Crippen LogP contribution in [0.25, 0.3) is 0 Å². The van der Waals surface area contributed by atoms with Crippen LogP contribution in [0.4, 0.5) is 10.6 Å². The number of hydrogen-bond acceptors (Lipinski definition) is 4. The normalized spacial score (nSPS) is 10.1. The molecule has 136 valence electrons. The largest absolute Gasteiger partial charge is 0.357 e. The Kier molecular flexibility index (Phi) is 6.98. The minimum absolute atomic E-state index is 0.166. The molecule has 0 bridgehead atoms. The maximum Gasteiger partial charge on any atom is 0.317 e. The second-order valence-electron chi connectivity index (χ2n) is 6.02. The Hall–Kier alpha value is -3.07. The number of anilines is 1. The Labute approximate surface area is 155 Å². The lowest BCUT2D eigenvalue weighted by atomic mass is 10.1. The van der Waals surface area contributed by atoms with E-state index in [1.54, 1.807) is 30.3 Å². The molecular formula is C20H25N5O. The van der Waals surface area contributed by atoms with E-state index in [1.165, 1.54) is 0 Å². The van der Waals surface area contributed by atoms with Gasteiger partial charge in [0.1, 0.15) is 5.82 Å². The number of pyridine rings is 1. The summed E-state index contributed by atoms with van der Waals surface area (Å²) in [7, 11) is 1.73. The van der Waals surface area contributed by atoms with E-state index in [1.807, 2.05) is 24.3 Å². The van der Waals surface area contributed by atoms with Crippen molar-refractivity contribution in [1.29, 1.82) is 5.26 Å². The van der Waals surface area contributed by atoms with Crippen LogP contribution >= 0.6 is 0 Å². The third kappa shape index (κ3) is 5.21. The lowest BCUT2D eigenvalue weighted by Gasteiger charge is -2.20. The van der Waals surface area contributed by atoms with Crippen molar-refractivity contribution in [3.8, 4) is 6.07 Å². The molecule has 1 N–H and O–H groups in total. The van der Waals surface area contributed by atoms with Gasteiger partial charge in [0.25, 0.3) is 0 Å². The van der Waals surface area contributed by atoms with Gasteiger partial charge >= 0.3 is 6.03 Å². The van der Waals surface area contributed by atoms with Crippen LogP contribution in [-0.2, 0) is 13.1 Å². The molecule has 6 heteroatoms. The van der Waals surface area contributed by atoms with Crippen LogP contribution in [0.3, 0.4) is 0 Å². The van der Waals surface area contributed by atoms with Crippen molar-refractivity contribution in [1.82, 2.24) is 15.2 Å². The van der Waals surface area contributed by atoms with E-state index in [0.717, 1.165) is 30.0 Å². The molecule has 0 aliphatic rings. The first-order valence-electron chi connectivity index (χ1n) is 8.75. The zero-order valence-corrected chi connectivity index (χ0v) is 15.6. The van der Waals surface area contributed by atoms with E-state index in [0.29, 0.717) is 18.7 Å². The highest BCUT2D eigenvalue weighted by Gasteiger charge is 2.10. The van der Waals surface area contributed by atoms with Crippen LogP contribution in [0, 0.1) is 11.3 Å². The van der Waals surface area contributed by atoms with Crippen molar-refractivity contribution in [2.75, 3.05) is 25.0 Å². The maximum absolute atomic E-state index is 12.3. The summed E-state index contributed by atoms with van der Waals surface area (Å²) in [6.07, 6.45) is 1.80. The number of amides is 2. The molecule has 0 aliphatic heterocycles. The van der Waals surface area contributed by atoms with Gasteiger partial charge in [0.15, 0.2) is 0 Å². The number of nitrogens with one attached hydrogen (secondary N) is 1. The minimum atomic E-state index is -0.166. The summed E-state index contributed by atoms with van der Waals surface area (Å²) in [5.74, 6) is 0.944. The van der Waals surface area contributed by atoms with E-state index in [9.17, 15) is 4.79 Å². The molecule has 2 amide bonds. The van der Waals surface area contributed by atoms with Gasteiger partial charge in [0, 0.05) is 39.4 Å². The average molecular weight is 351 g/mol. The fraction of sp³-hybridized carbons (Fsp3) is 0.350. The van der Waals surface area contributed by atoms with Crippen LogP contribution in [0.2, 0.25) is 0 Å². The SMILES string of the molecule is CCN(CC)c1ccc(CNC(=O)N(C)Cc2cccc(C#N)c2)cn1. The monoisotopic (exact) mass is 351 g/mol. The van der Waals surface area contributed by atoms with Crippen molar-refractivity contribution in [3.05, 3.63) is 59.3 Å². The van der Waals surface area contributed by atoms with E-state index in [4.69, 9.17) is 5.26 Å². The molecule has 0 spiro atoms. The highest BCUT2D eigenvalue weighted by Crippen LogP contribution is 2.11. The maximum atomic E-state index is 12.3. The standard InChI is InChI=1S/C20H25N5O/c1-4-25(5-2)19-10-9-18(13-22-19)14-23-20(26)24(3)15-17-8-6-7-16(11-17)12-21/h6-11,13H,4-5,14-15H2,1-3H3,(H,23,26). The quantitative estimate of drug-likeness (QED) is 0.832. The number of nitriles is 1. The van der Waals surface area contributed by atoms with Crippen molar-refractivity contribution in [2.45, 2.75) is 26.9 Å². The number of carbonyl (C=O) groups is 1. The second kappa shape index (κ2) is 9.42. The molecule has 0 radical (unpaired) electrons. The van der Waals surface area contributed by atoms with Crippen LogP contribution < -0.4 is 10.2 Å². The van der Waals surface area contributed by atoms with Gasteiger partial charge in [0.05, 0.1) is 11.6 Å². The predicted octanol–water partition coefficient (Wildman–Crippen LogP) is 3.14. The Morgan fingerprint density at radius 1 is 1.19 bits per heavy atom. The van der Waals surface area contributed by atoms with E-state index >= 15 is 0 Å². The Bertz CT molecular complexity index is 763. The van der Waals surface area contributed by atoms with E-state index in [2.05, 4.69) is 35.1 Å². The van der Waals surface area contributed by atoms with Crippen LogP contribution in [0.5, 0.6) is 0 Å². The molecule has 0 unspecified atom stereocenters. The molecule has 0 atom stereocenters. The number of carbonyl (C=O) groups excluding carboxylic acids is 1. The van der Waals surface area contributed by atoms with Crippen molar-refractivity contribution in [2.24, 2.45) is 0 Å². The predicted molar refractivity (Wildman–Crippen MR) is 103 cm³/mol. The van der Waals surface area contributed by atoms with Gasteiger partial charge in [-0.2, -0.15) is 5.26 Å². The Morgan fingerprint density at radius 2 is 1.96 bits per heavy atom. The zero-order chi connectivity index (χ0) is 18.9. The summed E-state index contributed by atoms with van der Waals surface area (Å²) in [6.45, 7) is 6.89. The summed E-state index contributed by atoms with van der Waals surface area (Å²) in [4.78, 5) is 20.5. The van der Waals surface area contributed by atoms with Gasteiger partial charge in [-0.05, 0) is 43.2 Å². The molecule has 6 nitrogen and oxygen atoms in total. The third-order valence-electron chi connectivity index (χ3n) is 4.16. The molecule has 1 aromatic heterocycles. The van der Waals surface area contributed by atoms with E-state index in [-0.39, 0.29) is 6.03 Å². The summed E-state index contributed by atoms with van der Waals surface area (Å²) < 4.78 is 0. The fourth-order valence-electron chi connectivity index (χ4n) is 2.65. The smallest absolute Gasteiger partial charge is 0.317 e. The minimum Gasteiger partial charge on any atom is -0.357 e. The van der Waals surface area contributed by atoms with E-state index < -0.39 is 0 Å². The number of hydrogen-bond donors (Lipinski definition) is 1. The van der Waals surface area contributed by atoms with Gasteiger partial charge in [-0.3, -0.25) is 0 Å². The van der Waals surface area contributed by atoms with Gasteiger partial charge in [-0.1, -0.05) is 18.2 Å². The molecule has 1 heterocycles. The molecule has 1 aromatic carbocycles. The number of rotatable bonds is 7. The Morgan fingerprint density at radius 3 is 2.58 bits per heavy atom. The zero-order valence-electron chi connectivity index (χ0n) is 15.6. The highest BCUT2D eigenvalue weighted by molar-refractivity contribution is 5.73. The second-order valence-corrected chi connectivity index (χ2v) is 6.02. The van der Waals surface area contributed by atoms with Gasteiger partial charge in [-0.25, -0.2) is 9.78 Å². The number of benzene rings is 1. The average Bonchev–Trinajstić information content (AvgIpc) is 2.68. The molecule has 0 saturated carbocycles. The highest BCUT2D eigenvalue weighted by atomic mass is 16.2. The summed E-state index contributed by atoms with van der Waals surface area (Å²) in [5, 5.41) is 11.8. The van der Waals surface area contributed by atoms with Crippen molar-refractivity contribution >= 4 is 11.8 Å². The lowest BCUT2D eigenvalue weighted by molar-refractivity contribution is 0.206. The summed E-state index contributed by atoms with van der Waals surface area (Å²) in [6, 6.07) is 13.2. The molecule has 0 aliphatic carbocycles.